The lowest BCUT2D eigenvalue weighted by atomic mass is 10.0. The van der Waals surface area contributed by atoms with E-state index in [2.05, 4.69) is 5.32 Å². The van der Waals surface area contributed by atoms with E-state index in [0.29, 0.717) is 6.42 Å². The molecule has 0 saturated carbocycles. The Morgan fingerprint density at radius 1 is 0.848 bits per heavy atom. The molecule has 0 saturated heterocycles. The molecule has 10 heteroatoms. The summed E-state index contributed by atoms with van der Waals surface area (Å²) in [6.45, 7) is 7.16. The second-order valence-electron chi connectivity index (χ2n) is 11.4. The number of hydrogen-bond acceptors (Lipinski definition) is 4. The van der Waals surface area contributed by atoms with Gasteiger partial charge < -0.3 is 10.2 Å². The van der Waals surface area contributed by atoms with Gasteiger partial charge in [-0.1, -0.05) is 102 Å². The number of rotatable bonds is 13. The molecule has 7 nitrogen and oxygen atoms in total. The molecule has 242 valence electrons. The minimum absolute atomic E-state index is 0.00259. The largest absolute Gasteiger partial charge is 0.352 e. The molecule has 0 aliphatic rings. The molecular formula is C36H39Cl2N3O4S. The highest BCUT2D eigenvalue weighted by atomic mass is 35.5. The lowest BCUT2D eigenvalue weighted by Crippen LogP contribution is -2.54. The van der Waals surface area contributed by atoms with Gasteiger partial charge in [0, 0.05) is 29.1 Å². The molecule has 2 amide bonds. The fourth-order valence-corrected chi connectivity index (χ4v) is 6.93. The number of halogens is 2. The highest BCUT2D eigenvalue weighted by Gasteiger charge is 2.35. The highest BCUT2D eigenvalue weighted by molar-refractivity contribution is 7.92. The Bertz CT molecular complexity index is 1750. The summed E-state index contributed by atoms with van der Waals surface area (Å²) >= 11 is 12.7. The average Bonchev–Trinajstić information content (AvgIpc) is 3.02. The summed E-state index contributed by atoms with van der Waals surface area (Å²) in [4.78, 5) is 30.1. The first-order chi connectivity index (χ1) is 21.9. The zero-order valence-corrected chi connectivity index (χ0v) is 28.7. The number of benzene rings is 4. The van der Waals surface area contributed by atoms with E-state index in [9.17, 15) is 18.0 Å². The van der Waals surface area contributed by atoms with Gasteiger partial charge in [0.05, 0.1) is 10.6 Å². The Balaban J connectivity index is 1.84. The van der Waals surface area contributed by atoms with Gasteiger partial charge in [0.25, 0.3) is 10.0 Å². The topological polar surface area (TPSA) is 86.8 Å². The molecule has 0 spiro atoms. The van der Waals surface area contributed by atoms with Crippen molar-refractivity contribution in [1.82, 2.24) is 10.2 Å². The lowest BCUT2D eigenvalue weighted by Gasteiger charge is -2.34. The summed E-state index contributed by atoms with van der Waals surface area (Å²) in [6.07, 6.45) is 0.933. The van der Waals surface area contributed by atoms with Gasteiger partial charge in [0.1, 0.15) is 12.6 Å². The molecule has 0 aromatic heterocycles. The maximum Gasteiger partial charge on any atom is 0.264 e. The molecule has 4 rings (SSSR count). The molecular weight excluding hydrogens is 641 g/mol. The minimum Gasteiger partial charge on any atom is -0.352 e. The first kappa shape index (κ1) is 35.0. The van der Waals surface area contributed by atoms with Crippen LogP contribution in [-0.2, 0) is 32.6 Å². The third kappa shape index (κ3) is 8.90. The number of carbonyl (C=O) groups is 2. The highest BCUT2D eigenvalue weighted by Crippen LogP contribution is 2.30. The zero-order valence-electron chi connectivity index (χ0n) is 26.4. The summed E-state index contributed by atoms with van der Waals surface area (Å²) in [6, 6.07) is 26.8. The second-order valence-corrected chi connectivity index (χ2v) is 14.2. The Morgan fingerprint density at radius 2 is 1.46 bits per heavy atom. The quantitative estimate of drug-likeness (QED) is 0.160. The molecule has 46 heavy (non-hydrogen) atoms. The predicted molar refractivity (Wildman–Crippen MR) is 186 cm³/mol. The van der Waals surface area contributed by atoms with Crippen molar-refractivity contribution in [2.45, 2.75) is 64.1 Å². The SMILES string of the molecule is CC[C@H](C)NC(=O)[C@@H](Cc1ccccc1)N(Cc1ccccc1C)C(=O)CN(c1cc(Cl)cc(Cl)c1)S(=O)(=O)c1ccc(C)cc1. The van der Waals surface area contributed by atoms with E-state index in [1.54, 1.807) is 12.1 Å². The summed E-state index contributed by atoms with van der Waals surface area (Å²) in [5.41, 5.74) is 3.65. The van der Waals surface area contributed by atoms with Crippen molar-refractivity contribution in [1.29, 1.82) is 0 Å². The summed E-state index contributed by atoms with van der Waals surface area (Å²) in [7, 11) is -4.27. The van der Waals surface area contributed by atoms with E-state index >= 15 is 0 Å². The van der Waals surface area contributed by atoms with Gasteiger partial charge in [-0.15, -0.1) is 0 Å². The van der Waals surface area contributed by atoms with Crippen molar-refractivity contribution in [2.24, 2.45) is 0 Å². The van der Waals surface area contributed by atoms with E-state index < -0.39 is 28.5 Å². The third-order valence-electron chi connectivity index (χ3n) is 7.90. The van der Waals surface area contributed by atoms with Crippen LogP contribution in [-0.4, -0.2) is 43.8 Å². The molecule has 4 aromatic rings. The second kappa shape index (κ2) is 15.6. The van der Waals surface area contributed by atoms with Crippen LogP contribution < -0.4 is 9.62 Å². The van der Waals surface area contributed by atoms with Gasteiger partial charge in [-0.3, -0.25) is 13.9 Å². The molecule has 2 atom stereocenters. The normalized spacial score (nSPS) is 12.7. The van der Waals surface area contributed by atoms with Crippen molar-refractivity contribution in [3.05, 3.63) is 129 Å². The maximum atomic E-state index is 14.6. The smallest absolute Gasteiger partial charge is 0.264 e. The predicted octanol–water partition coefficient (Wildman–Crippen LogP) is 7.36. The fourth-order valence-electron chi connectivity index (χ4n) is 5.02. The number of anilines is 1. The molecule has 0 fully saturated rings. The van der Waals surface area contributed by atoms with Crippen molar-refractivity contribution in [2.75, 3.05) is 10.8 Å². The van der Waals surface area contributed by atoms with Gasteiger partial charge in [-0.25, -0.2) is 8.42 Å². The molecule has 4 aromatic carbocycles. The average molecular weight is 681 g/mol. The standard InChI is InChI=1S/C36H39Cl2N3O4S/c1-5-27(4)39-36(43)34(19-28-12-7-6-8-13-28)40(23-29-14-10-9-11-26(29)3)35(42)24-41(32-21-30(37)20-31(38)22-32)46(44,45)33-17-15-25(2)16-18-33/h6-18,20-22,27,34H,5,19,23-24H2,1-4H3,(H,39,43)/t27-,34+/m0/s1. The van der Waals surface area contributed by atoms with Gasteiger partial charge in [0.15, 0.2) is 0 Å². The van der Waals surface area contributed by atoms with Crippen LogP contribution in [0, 0.1) is 13.8 Å². The van der Waals surface area contributed by atoms with E-state index in [4.69, 9.17) is 23.2 Å². The summed E-state index contributed by atoms with van der Waals surface area (Å²) < 4.78 is 29.4. The number of carbonyl (C=O) groups excluding carboxylic acids is 2. The summed E-state index contributed by atoms with van der Waals surface area (Å²) in [5.74, 6) is -0.880. The van der Waals surface area contributed by atoms with Crippen molar-refractivity contribution in [3.8, 4) is 0 Å². The molecule has 0 heterocycles. The van der Waals surface area contributed by atoms with Gasteiger partial charge in [-0.05, 0) is 74.2 Å². The van der Waals surface area contributed by atoms with Crippen LogP contribution in [0.2, 0.25) is 10.0 Å². The van der Waals surface area contributed by atoms with Crippen LogP contribution in [0.4, 0.5) is 5.69 Å². The fraction of sp³-hybridized carbons (Fsp3) is 0.278. The van der Waals surface area contributed by atoms with Crippen LogP contribution in [0.3, 0.4) is 0 Å². The number of nitrogens with zero attached hydrogens (tertiary/aromatic N) is 2. The number of amides is 2. The first-order valence-corrected chi connectivity index (χ1v) is 17.3. The Hall–Kier alpha value is -3.85. The van der Waals surface area contributed by atoms with Crippen molar-refractivity contribution < 1.29 is 18.0 Å². The Labute approximate surface area is 282 Å². The number of nitrogens with one attached hydrogen (secondary N) is 1. The van der Waals surface area contributed by atoms with Gasteiger partial charge in [0.2, 0.25) is 11.8 Å². The number of sulfonamides is 1. The Kier molecular flexibility index (Phi) is 11.9. The van der Waals surface area contributed by atoms with E-state index in [1.165, 1.54) is 35.2 Å². The van der Waals surface area contributed by atoms with Crippen LogP contribution in [0.5, 0.6) is 0 Å². The zero-order chi connectivity index (χ0) is 33.4. The molecule has 1 N–H and O–H groups in total. The van der Waals surface area contributed by atoms with Gasteiger partial charge >= 0.3 is 0 Å². The first-order valence-electron chi connectivity index (χ1n) is 15.1. The Morgan fingerprint density at radius 3 is 2.07 bits per heavy atom. The monoisotopic (exact) mass is 679 g/mol. The van der Waals surface area contributed by atoms with Crippen molar-refractivity contribution >= 4 is 50.7 Å². The maximum absolute atomic E-state index is 14.6. The van der Waals surface area contributed by atoms with E-state index in [-0.39, 0.29) is 45.5 Å². The molecule has 0 radical (unpaired) electrons. The van der Waals surface area contributed by atoms with Crippen LogP contribution >= 0.6 is 23.2 Å². The summed E-state index contributed by atoms with van der Waals surface area (Å²) in [5, 5.41) is 3.47. The number of aryl methyl sites for hydroxylation is 2. The number of hydrogen-bond donors (Lipinski definition) is 1. The van der Waals surface area contributed by atoms with E-state index in [0.717, 1.165) is 26.6 Å². The van der Waals surface area contributed by atoms with Crippen LogP contribution in [0.15, 0.2) is 102 Å². The molecule has 0 bridgehead atoms. The molecule has 0 aliphatic heterocycles. The van der Waals surface area contributed by atoms with Crippen LogP contribution in [0.1, 0.15) is 42.5 Å². The lowest BCUT2D eigenvalue weighted by molar-refractivity contribution is -0.140. The van der Waals surface area contributed by atoms with E-state index in [1.807, 2.05) is 82.3 Å². The molecule has 0 unspecified atom stereocenters. The van der Waals surface area contributed by atoms with Crippen molar-refractivity contribution in [3.63, 3.8) is 0 Å². The minimum atomic E-state index is -4.27. The third-order valence-corrected chi connectivity index (χ3v) is 10.1. The van der Waals surface area contributed by atoms with Gasteiger partial charge in [-0.2, -0.15) is 0 Å². The van der Waals surface area contributed by atoms with Crippen LogP contribution in [0.25, 0.3) is 0 Å². The molecule has 0 aliphatic carbocycles.